The van der Waals surface area contributed by atoms with Gasteiger partial charge >= 0.3 is 0 Å². The molecular formula is C16H18. The lowest BCUT2D eigenvalue weighted by molar-refractivity contribution is 0.650. The van der Waals surface area contributed by atoms with Gasteiger partial charge in [-0.15, -0.1) is 6.58 Å². The van der Waals surface area contributed by atoms with Gasteiger partial charge in [-0.05, 0) is 25.3 Å². The van der Waals surface area contributed by atoms with Crippen LogP contribution in [0.3, 0.4) is 0 Å². The molecule has 0 nitrogen and oxygen atoms in total. The van der Waals surface area contributed by atoms with Crippen LogP contribution in [0.25, 0.3) is 0 Å². The quantitative estimate of drug-likeness (QED) is 0.648. The zero-order valence-corrected chi connectivity index (χ0v) is 9.82. The van der Waals surface area contributed by atoms with Crippen LogP contribution in [-0.2, 0) is 5.41 Å². The molecule has 1 aromatic rings. The van der Waals surface area contributed by atoms with Crippen molar-refractivity contribution in [3.8, 4) is 0 Å². The van der Waals surface area contributed by atoms with Gasteiger partial charge in [0.1, 0.15) is 0 Å². The van der Waals surface area contributed by atoms with Gasteiger partial charge in [-0.25, -0.2) is 0 Å². The molecule has 0 saturated carbocycles. The SMILES string of the molecule is C=C(C)CC1(c2ccccc2)C=CCC=C1. The van der Waals surface area contributed by atoms with E-state index < -0.39 is 0 Å². The predicted molar refractivity (Wildman–Crippen MR) is 70.4 cm³/mol. The predicted octanol–water partition coefficient (Wildman–Crippen LogP) is 4.41. The highest BCUT2D eigenvalue weighted by molar-refractivity contribution is 5.40. The van der Waals surface area contributed by atoms with E-state index in [9.17, 15) is 0 Å². The van der Waals surface area contributed by atoms with Crippen molar-refractivity contribution in [2.45, 2.75) is 25.2 Å². The maximum Gasteiger partial charge on any atom is 0.0349 e. The number of allylic oxidation sites excluding steroid dienone is 5. The van der Waals surface area contributed by atoms with Crippen LogP contribution in [-0.4, -0.2) is 0 Å². The first-order valence-electron chi connectivity index (χ1n) is 5.78. The third kappa shape index (κ3) is 2.16. The van der Waals surface area contributed by atoms with Crippen molar-refractivity contribution < 1.29 is 0 Å². The Bertz CT molecular complexity index is 409. The van der Waals surface area contributed by atoms with Crippen LogP contribution in [0.15, 0.2) is 66.8 Å². The summed E-state index contributed by atoms with van der Waals surface area (Å²) in [5.41, 5.74) is 2.61. The van der Waals surface area contributed by atoms with Gasteiger partial charge in [0.05, 0.1) is 0 Å². The van der Waals surface area contributed by atoms with Crippen LogP contribution in [0.2, 0.25) is 0 Å². The molecule has 1 aliphatic carbocycles. The second kappa shape index (κ2) is 4.52. The summed E-state index contributed by atoms with van der Waals surface area (Å²) in [6.07, 6.45) is 11.2. The van der Waals surface area contributed by atoms with E-state index in [0.29, 0.717) is 0 Å². The molecule has 0 spiro atoms. The van der Waals surface area contributed by atoms with Crippen molar-refractivity contribution in [2.24, 2.45) is 0 Å². The van der Waals surface area contributed by atoms with Gasteiger partial charge in [-0.1, -0.05) is 60.2 Å². The van der Waals surface area contributed by atoms with Gasteiger partial charge in [0.2, 0.25) is 0 Å². The monoisotopic (exact) mass is 210 g/mol. The van der Waals surface area contributed by atoms with Gasteiger partial charge in [0.15, 0.2) is 0 Å². The van der Waals surface area contributed by atoms with Crippen LogP contribution >= 0.6 is 0 Å². The van der Waals surface area contributed by atoms with Gasteiger partial charge < -0.3 is 0 Å². The van der Waals surface area contributed by atoms with Crippen LogP contribution in [0.5, 0.6) is 0 Å². The van der Waals surface area contributed by atoms with Crippen LogP contribution in [0, 0.1) is 0 Å². The van der Waals surface area contributed by atoms with E-state index in [2.05, 4.69) is 68.1 Å². The molecule has 0 unspecified atom stereocenters. The molecule has 0 saturated heterocycles. The zero-order chi connectivity index (χ0) is 11.4. The fourth-order valence-corrected chi connectivity index (χ4v) is 2.35. The van der Waals surface area contributed by atoms with E-state index in [1.807, 2.05) is 0 Å². The average molecular weight is 210 g/mol. The minimum absolute atomic E-state index is 0.0331. The molecule has 16 heavy (non-hydrogen) atoms. The molecular weight excluding hydrogens is 192 g/mol. The smallest absolute Gasteiger partial charge is 0.0349 e. The first-order valence-corrected chi connectivity index (χ1v) is 5.78. The maximum absolute atomic E-state index is 4.05. The maximum atomic E-state index is 4.05. The topological polar surface area (TPSA) is 0 Å². The van der Waals surface area contributed by atoms with Gasteiger partial charge in [-0.3, -0.25) is 0 Å². The third-order valence-corrected chi connectivity index (χ3v) is 3.01. The summed E-state index contributed by atoms with van der Waals surface area (Å²) >= 11 is 0. The van der Waals surface area contributed by atoms with Crippen LogP contribution in [0.1, 0.15) is 25.3 Å². The summed E-state index contributed by atoms with van der Waals surface area (Å²) in [5, 5.41) is 0. The van der Waals surface area contributed by atoms with E-state index in [1.54, 1.807) is 0 Å². The highest BCUT2D eigenvalue weighted by atomic mass is 14.3. The molecule has 0 bridgehead atoms. The number of hydrogen-bond acceptors (Lipinski definition) is 0. The Morgan fingerprint density at radius 3 is 2.38 bits per heavy atom. The van der Waals surface area contributed by atoms with Crippen molar-refractivity contribution in [3.05, 3.63) is 72.4 Å². The summed E-state index contributed by atoms with van der Waals surface area (Å²) in [5.74, 6) is 0. The lowest BCUT2D eigenvalue weighted by atomic mass is 9.73. The lowest BCUT2D eigenvalue weighted by Crippen LogP contribution is -2.22. The Morgan fingerprint density at radius 2 is 1.81 bits per heavy atom. The summed E-state index contributed by atoms with van der Waals surface area (Å²) in [4.78, 5) is 0. The van der Waals surface area contributed by atoms with Gasteiger partial charge in [-0.2, -0.15) is 0 Å². The highest BCUT2D eigenvalue weighted by Crippen LogP contribution is 2.36. The van der Waals surface area contributed by atoms with Crippen LogP contribution < -0.4 is 0 Å². The largest absolute Gasteiger partial charge is 0.100 e. The molecule has 0 aromatic heterocycles. The fourth-order valence-electron chi connectivity index (χ4n) is 2.35. The fraction of sp³-hybridized carbons (Fsp3) is 0.250. The molecule has 0 radical (unpaired) electrons. The van der Waals surface area contributed by atoms with Crippen molar-refractivity contribution in [3.63, 3.8) is 0 Å². The molecule has 0 aliphatic heterocycles. The normalized spacial score (nSPS) is 17.3. The second-order valence-corrected chi connectivity index (χ2v) is 4.58. The standard InChI is InChI=1S/C16H18/c1-14(2)13-16(11-7-4-8-12-16)15-9-5-3-6-10-15/h3,5-12H,1,4,13H2,2H3. The summed E-state index contributed by atoms with van der Waals surface area (Å²) < 4.78 is 0. The Labute approximate surface area is 98.0 Å². The molecule has 0 atom stereocenters. The number of benzene rings is 1. The van der Waals surface area contributed by atoms with E-state index in [1.165, 1.54) is 11.1 Å². The summed E-state index contributed by atoms with van der Waals surface area (Å²) in [6, 6.07) is 10.7. The van der Waals surface area contributed by atoms with E-state index in [4.69, 9.17) is 0 Å². The Balaban J connectivity index is 2.42. The Hall–Kier alpha value is -1.56. The molecule has 82 valence electrons. The first kappa shape index (κ1) is 10.9. The third-order valence-electron chi connectivity index (χ3n) is 3.01. The van der Waals surface area contributed by atoms with Crippen molar-refractivity contribution in [1.29, 1.82) is 0 Å². The molecule has 0 fully saturated rings. The molecule has 0 heteroatoms. The highest BCUT2D eigenvalue weighted by Gasteiger charge is 2.27. The summed E-state index contributed by atoms with van der Waals surface area (Å²) in [6.45, 7) is 6.15. The average Bonchev–Trinajstić information content (AvgIpc) is 2.30. The van der Waals surface area contributed by atoms with E-state index in [0.717, 1.165) is 12.8 Å². The van der Waals surface area contributed by atoms with Crippen molar-refractivity contribution in [1.82, 2.24) is 0 Å². The van der Waals surface area contributed by atoms with Gasteiger partial charge in [0.25, 0.3) is 0 Å². The lowest BCUT2D eigenvalue weighted by Gasteiger charge is -2.30. The first-order chi connectivity index (χ1) is 7.73. The van der Waals surface area contributed by atoms with Crippen molar-refractivity contribution in [2.75, 3.05) is 0 Å². The summed E-state index contributed by atoms with van der Waals surface area (Å²) in [7, 11) is 0. The second-order valence-electron chi connectivity index (χ2n) is 4.58. The molecule has 0 heterocycles. The number of hydrogen-bond donors (Lipinski definition) is 0. The van der Waals surface area contributed by atoms with E-state index >= 15 is 0 Å². The molecule has 2 rings (SSSR count). The minimum atomic E-state index is 0.0331. The number of rotatable bonds is 3. The van der Waals surface area contributed by atoms with Gasteiger partial charge in [0, 0.05) is 5.41 Å². The zero-order valence-electron chi connectivity index (χ0n) is 9.82. The molecule has 1 aromatic carbocycles. The van der Waals surface area contributed by atoms with Crippen LogP contribution in [0.4, 0.5) is 0 Å². The minimum Gasteiger partial charge on any atom is -0.100 e. The Kier molecular flexibility index (Phi) is 3.09. The molecule has 0 amide bonds. The molecule has 0 N–H and O–H groups in total. The molecule has 1 aliphatic rings. The van der Waals surface area contributed by atoms with E-state index in [-0.39, 0.29) is 5.41 Å². The van der Waals surface area contributed by atoms with Crippen molar-refractivity contribution >= 4 is 0 Å². The Morgan fingerprint density at radius 1 is 1.19 bits per heavy atom.